The van der Waals surface area contributed by atoms with E-state index < -0.39 is 0 Å². The van der Waals surface area contributed by atoms with Crippen LogP contribution in [0.3, 0.4) is 0 Å². The molecule has 0 aliphatic heterocycles. The van der Waals surface area contributed by atoms with Crippen LogP contribution < -0.4 is 0 Å². The third kappa shape index (κ3) is 3.09. The van der Waals surface area contributed by atoms with Crippen molar-refractivity contribution in [3.05, 3.63) is 57.1 Å². The van der Waals surface area contributed by atoms with E-state index in [0.29, 0.717) is 0 Å². The quantitative estimate of drug-likeness (QED) is 0.724. The smallest absolute Gasteiger partial charge is 0.110 e. The van der Waals surface area contributed by atoms with Gasteiger partial charge in [-0.15, -0.1) is 11.8 Å². The zero-order valence-electron chi connectivity index (χ0n) is 8.36. The normalized spacial score (nSPS) is 10.4. The van der Waals surface area contributed by atoms with Crippen molar-refractivity contribution in [1.82, 2.24) is 4.98 Å². The van der Waals surface area contributed by atoms with E-state index in [1.54, 1.807) is 11.8 Å². The topological polar surface area (TPSA) is 12.9 Å². The number of aromatic nitrogens is 1. The Morgan fingerprint density at radius 1 is 1.00 bits per heavy atom. The van der Waals surface area contributed by atoms with E-state index in [4.69, 9.17) is 0 Å². The summed E-state index contributed by atoms with van der Waals surface area (Å²) in [4.78, 5) is 4.32. The van der Waals surface area contributed by atoms with Gasteiger partial charge in [0.15, 0.2) is 0 Å². The average molecular weight is 359 g/mol. The van der Waals surface area contributed by atoms with Gasteiger partial charge in [-0.1, -0.05) is 34.1 Å². The van der Waals surface area contributed by atoms with Crippen LogP contribution in [-0.2, 0) is 5.75 Å². The van der Waals surface area contributed by atoms with E-state index >= 15 is 0 Å². The largest absolute Gasteiger partial charge is 0.249 e. The highest BCUT2D eigenvalue weighted by atomic mass is 79.9. The molecule has 0 amide bonds. The Kier molecular flexibility index (Phi) is 4.44. The zero-order valence-corrected chi connectivity index (χ0v) is 12.3. The van der Waals surface area contributed by atoms with Crippen molar-refractivity contribution in [3.8, 4) is 0 Å². The molecular weight excluding hydrogens is 350 g/mol. The molecule has 0 atom stereocenters. The van der Waals surface area contributed by atoms with Gasteiger partial charge in [-0.2, -0.15) is 0 Å². The fourth-order valence-electron chi connectivity index (χ4n) is 1.24. The van der Waals surface area contributed by atoms with Crippen LogP contribution in [0.5, 0.6) is 0 Å². The lowest BCUT2D eigenvalue weighted by Crippen LogP contribution is -1.85. The fraction of sp³-hybridized carbons (Fsp3) is 0.0833. The van der Waals surface area contributed by atoms with E-state index in [1.165, 1.54) is 5.56 Å². The summed E-state index contributed by atoms with van der Waals surface area (Å²) in [6.45, 7) is 0. The fourth-order valence-corrected chi connectivity index (χ4v) is 3.33. The molecule has 0 bridgehead atoms. The minimum atomic E-state index is 0.914. The van der Waals surface area contributed by atoms with Crippen molar-refractivity contribution < 1.29 is 0 Å². The minimum Gasteiger partial charge on any atom is -0.249 e. The second kappa shape index (κ2) is 5.84. The first kappa shape index (κ1) is 12.1. The van der Waals surface area contributed by atoms with E-state index in [9.17, 15) is 0 Å². The molecule has 82 valence electrons. The second-order valence-corrected chi connectivity index (χ2v) is 5.84. The summed E-state index contributed by atoms with van der Waals surface area (Å²) < 4.78 is 2.20. The highest BCUT2D eigenvalue weighted by Crippen LogP contribution is 2.29. The molecule has 0 radical (unpaired) electrons. The Hall–Kier alpha value is -0.320. The Bertz CT molecular complexity index is 442. The summed E-state index contributed by atoms with van der Waals surface area (Å²) >= 11 is 8.76. The molecule has 0 saturated carbocycles. The first-order valence-electron chi connectivity index (χ1n) is 4.74. The summed E-state index contributed by atoms with van der Waals surface area (Å²) in [6.07, 6.45) is 1.81. The van der Waals surface area contributed by atoms with Crippen molar-refractivity contribution >= 4 is 43.6 Å². The van der Waals surface area contributed by atoms with E-state index in [-0.39, 0.29) is 0 Å². The number of nitrogens with zero attached hydrogens (tertiary/aromatic N) is 1. The maximum absolute atomic E-state index is 4.32. The van der Waals surface area contributed by atoms with Gasteiger partial charge < -0.3 is 0 Å². The summed E-state index contributed by atoms with van der Waals surface area (Å²) in [6, 6.07) is 12.2. The van der Waals surface area contributed by atoms with E-state index in [0.717, 1.165) is 19.7 Å². The van der Waals surface area contributed by atoms with Gasteiger partial charge in [0.25, 0.3) is 0 Å². The molecule has 1 heterocycles. The van der Waals surface area contributed by atoms with Gasteiger partial charge in [0.1, 0.15) is 5.03 Å². The third-order valence-electron chi connectivity index (χ3n) is 2.05. The molecule has 1 aromatic carbocycles. The molecular formula is C12H9Br2NS. The second-order valence-electron chi connectivity index (χ2n) is 3.17. The van der Waals surface area contributed by atoms with E-state index in [1.807, 2.05) is 30.5 Å². The van der Waals surface area contributed by atoms with Crippen LogP contribution >= 0.6 is 43.6 Å². The number of thioether (sulfide) groups is 1. The SMILES string of the molecule is Brc1ccccc1CSc1ncccc1Br. The number of hydrogen-bond donors (Lipinski definition) is 0. The molecule has 0 saturated heterocycles. The number of benzene rings is 1. The number of rotatable bonds is 3. The van der Waals surface area contributed by atoms with Crippen molar-refractivity contribution in [2.45, 2.75) is 10.8 Å². The highest BCUT2D eigenvalue weighted by Gasteiger charge is 2.03. The number of hydrogen-bond acceptors (Lipinski definition) is 2. The average Bonchev–Trinajstić information content (AvgIpc) is 2.30. The predicted octanol–water partition coefficient (Wildman–Crippen LogP) is 4.90. The summed E-state index contributed by atoms with van der Waals surface area (Å²) in [7, 11) is 0. The molecule has 0 unspecified atom stereocenters. The molecule has 1 nitrogen and oxygen atoms in total. The lowest BCUT2D eigenvalue weighted by atomic mass is 10.2. The van der Waals surface area contributed by atoms with Crippen molar-refractivity contribution in [2.75, 3.05) is 0 Å². The van der Waals surface area contributed by atoms with Gasteiger partial charge >= 0.3 is 0 Å². The molecule has 0 spiro atoms. The van der Waals surface area contributed by atoms with Gasteiger partial charge in [-0.3, -0.25) is 0 Å². The molecule has 0 fully saturated rings. The number of halogens is 2. The molecule has 2 aromatic rings. The molecule has 16 heavy (non-hydrogen) atoms. The molecule has 0 N–H and O–H groups in total. The van der Waals surface area contributed by atoms with Crippen LogP contribution in [0.25, 0.3) is 0 Å². The van der Waals surface area contributed by atoms with Crippen molar-refractivity contribution in [1.29, 1.82) is 0 Å². The maximum Gasteiger partial charge on any atom is 0.110 e. The van der Waals surface area contributed by atoms with Crippen LogP contribution in [-0.4, -0.2) is 4.98 Å². The van der Waals surface area contributed by atoms with Crippen molar-refractivity contribution in [3.63, 3.8) is 0 Å². The first-order valence-corrected chi connectivity index (χ1v) is 7.31. The van der Waals surface area contributed by atoms with Gasteiger partial charge in [0.05, 0.1) is 0 Å². The van der Waals surface area contributed by atoms with Crippen LogP contribution in [0, 0.1) is 0 Å². The Balaban J connectivity index is 2.09. The molecule has 1 aromatic heterocycles. The lowest BCUT2D eigenvalue weighted by molar-refractivity contribution is 1.11. The monoisotopic (exact) mass is 357 g/mol. The van der Waals surface area contributed by atoms with E-state index in [2.05, 4.69) is 49.0 Å². The van der Waals surface area contributed by atoms with Crippen LogP contribution in [0.2, 0.25) is 0 Å². The third-order valence-corrected chi connectivity index (χ3v) is 4.78. The highest BCUT2D eigenvalue weighted by molar-refractivity contribution is 9.10. The Labute approximate surface area is 116 Å². The summed E-state index contributed by atoms with van der Waals surface area (Å²) in [5.41, 5.74) is 1.28. The van der Waals surface area contributed by atoms with Crippen LogP contribution in [0.15, 0.2) is 56.6 Å². The summed E-state index contributed by atoms with van der Waals surface area (Å²) in [5.74, 6) is 0.914. The molecule has 4 heteroatoms. The summed E-state index contributed by atoms with van der Waals surface area (Å²) in [5, 5.41) is 1.03. The minimum absolute atomic E-state index is 0.914. The lowest BCUT2D eigenvalue weighted by Gasteiger charge is -2.04. The van der Waals surface area contributed by atoms with Gasteiger partial charge in [-0.05, 0) is 39.7 Å². The molecule has 0 aliphatic carbocycles. The van der Waals surface area contributed by atoms with Gasteiger partial charge in [-0.25, -0.2) is 4.98 Å². The standard InChI is InChI=1S/C12H9Br2NS/c13-10-5-2-1-4-9(10)8-16-12-11(14)6-3-7-15-12/h1-7H,8H2. The molecule has 2 rings (SSSR count). The van der Waals surface area contributed by atoms with Crippen LogP contribution in [0.1, 0.15) is 5.56 Å². The number of pyridine rings is 1. The van der Waals surface area contributed by atoms with Gasteiger partial charge in [0.2, 0.25) is 0 Å². The Morgan fingerprint density at radius 3 is 2.50 bits per heavy atom. The molecule has 0 aliphatic rings. The Morgan fingerprint density at radius 2 is 1.75 bits per heavy atom. The first-order chi connectivity index (χ1) is 7.77. The maximum atomic E-state index is 4.32. The zero-order chi connectivity index (χ0) is 11.4. The van der Waals surface area contributed by atoms with Crippen molar-refractivity contribution in [2.24, 2.45) is 0 Å². The van der Waals surface area contributed by atoms with Gasteiger partial charge in [0, 0.05) is 20.9 Å². The van der Waals surface area contributed by atoms with Crippen LogP contribution in [0.4, 0.5) is 0 Å². The predicted molar refractivity (Wildman–Crippen MR) is 75.6 cm³/mol.